The molecule has 2 atom stereocenters. The van der Waals surface area contributed by atoms with Gasteiger partial charge < -0.3 is 4.57 Å². The second kappa shape index (κ2) is 7.71. The van der Waals surface area contributed by atoms with Crippen molar-refractivity contribution in [2.45, 2.75) is 38.3 Å². The molecule has 1 fully saturated rings. The Morgan fingerprint density at radius 2 is 1.60 bits per heavy atom. The van der Waals surface area contributed by atoms with Gasteiger partial charge in [0.1, 0.15) is 17.5 Å². The number of anilines is 1. The van der Waals surface area contributed by atoms with Crippen molar-refractivity contribution in [1.29, 1.82) is 0 Å². The maximum atomic E-state index is 13.6. The van der Waals surface area contributed by atoms with Crippen molar-refractivity contribution in [3.63, 3.8) is 0 Å². The first-order valence-electron chi connectivity index (χ1n) is 10.1. The molecule has 0 radical (unpaired) electrons. The molecule has 7 heteroatoms. The Hall–Kier alpha value is -2.38. The Labute approximate surface area is 182 Å². The highest BCUT2D eigenvalue weighted by molar-refractivity contribution is 7.73. The number of hydrogen-bond donors (Lipinski definition) is 0. The van der Waals surface area contributed by atoms with Gasteiger partial charge in [0.25, 0.3) is 0 Å². The minimum atomic E-state index is -0.304. The van der Waals surface area contributed by atoms with Gasteiger partial charge in [0, 0.05) is 6.04 Å². The fourth-order valence-corrected chi connectivity index (χ4v) is 6.17. The highest BCUT2D eigenvalue weighted by Crippen LogP contribution is 2.49. The maximum absolute atomic E-state index is 13.6. The molecule has 3 aromatic rings. The molecule has 1 aromatic heterocycles. The van der Waals surface area contributed by atoms with E-state index in [1.807, 2.05) is 0 Å². The number of carbonyl (C=O) groups is 1. The van der Waals surface area contributed by atoms with Gasteiger partial charge in [-0.1, -0.05) is 37.1 Å². The van der Waals surface area contributed by atoms with Gasteiger partial charge in [-0.05, 0) is 60.5 Å². The number of benzene rings is 2. The molecule has 1 aliphatic carbocycles. The van der Waals surface area contributed by atoms with Gasteiger partial charge in [-0.25, -0.2) is 8.78 Å². The lowest BCUT2D eigenvalue weighted by molar-refractivity contribution is -0.126. The summed E-state index contributed by atoms with van der Waals surface area (Å²) in [4.78, 5) is 16.3. The van der Waals surface area contributed by atoms with Crippen LogP contribution in [-0.4, -0.2) is 10.5 Å². The van der Waals surface area contributed by atoms with E-state index in [4.69, 9.17) is 12.2 Å². The molecule has 0 spiro atoms. The average Bonchev–Trinajstić information content (AvgIpc) is 3.10. The van der Waals surface area contributed by atoms with Crippen molar-refractivity contribution in [3.8, 4) is 10.4 Å². The van der Waals surface area contributed by atoms with Crippen LogP contribution in [0, 0.1) is 21.5 Å². The topological polar surface area (TPSA) is 25.2 Å². The fraction of sp³-hybridized carbons (Fsp3) is 0.304. The summed E-state index contributed by atoms with van der Waals surface area (Å²) >= 11 is 7.21. The van der Waals surface area contributed by atoms with Gasteiger partial charge in [0.05, 0.1) is 17.3 Å². The molecule has 0 saturated heterocycles. The van der Waals surface area contributed by atoms with Gasteiger partial charge in [0.15, 0.2) is 3.95 Å². The number of amides is 1. The molecule has 2 unspecified atom stereocenters. The van der Waals surface area contributed by atoms with E-state index >= 15 is 0 Å². The molecule has 2 aliphatic rings. The SMILES string of the molecule is O=C1C2CCCCC2n2c(c(-c3ccc(F)cc3)sc2=S)N1Cc1ccc(F)cc1. The first kappa shape index (κ1) is 19.6. The van der Waals surface area contributed by atoms with Gasteiger partial charge in [-0.15, -0.1) is 11.3 Å². The van der Waals surface area contributed by atoms with E-state index < -0.39 is 0 Å². The van der Waals surface area contributed by atoms with E-state index in [1.165, 1.54) is 35.6 Å². The second-order valence-corrected chi connectivity index (χ2v) is 9.55. The van der Waals surface area contributed by atoms with Crippen LogP contribution in [-0.2, 0) is 11.3 Å². The van der Waals surface area contributed by atoms with Crippen molar-refractivity contribution in [2.75, 3.05) is 4.90 Å². The molecule has 1 saturated carbocycles. The minimum absolute atomic E-state index is 0.0728. The first-order valence-corrected chi connectivity index (χ1v) is 11.3. The Bertz CT molecular complexity index is 1150. The summed E-state index contributed by atoms with van der Waals surface area (Å²) in [6, 6.07) is 12.6. The average molecular weight is 443 g/mol. The van der Waals surface area contributed by atoms with Crippen LogP contribution in [0.2, 0.25) is 0 Å². The van der Waals surface area contributed by atoms with E-state index in [9.17, 15) is 13.6 Å². The van der Waals surface area contributed by atoms with Crippen LogP contribution in [0.3, 0.4) is 0 Å². The molecule has 30 heavy (non-hydrogen) atoms. The lowest BCUT2D eigenvalue weighted by atomic mass is 9.82. The highest BCUT2D eigenvalue weighted by atomic mass is 32.1. The fourth-order valence-electron chi connectivity index (χ4n) is 4.65. The predicted molar refractivity (Wildman–Crippen MR) is 117 cm³/mol. The van der Waals surface area contributed by atoms with Crippen LogP contribution < -0.4 is 4.90 Å². The summed E-state index contributed by atoms with van der Waals surface area (Å²) in [5.74, 6) is 0.187. The van der Waals surface area contributed by atoms with E-state index in [0.29, 0.717) is 6.54 Å². The van der Waals surface area contributed by atoms with Crippen molar-refractivity contribution in [3.05, 3.63) is 69.7 Å². The third kappa shape index (κ3) is 3.30. The number of carbonyl (C=O) groups excluding carboxylic acids is 1. The van der Waals surface area contributed by atoms with Crippen LogP contribution in [0.4, 0.5) is 14.6 Å². The van der Waals surface area contributed by atoms with E-state index in [1.54, 1.807) is 29.2 Å². The number of nitrogens with zero attached hydrogens (tertiary/aromatic N) is 2. The number of fused-ring (bicyclic) bond motifs is 3. The molecule has 3 nitrogen and oxygen atoms in total. The monoisotopic (exact) mass is 442 g/mol. The zero-order chi connectivity index (χ0) is 20.8. The standard InChI is InChI=1S/C23H20F2N2OS2/c24-16-9-5-14(6-10-16)13-26-21-20(15-7-11-17(25)12-8-15)30-23(29)27(21)19-4-2-1-3-18(19)22(26)28/h5-12,18-19H,1-4,13H2. The van der Waals surface area contributed by atoms with Gasteiger partial charge in [-0.2, -0.15) is 0 Å². The number of halogens is 2. The minimum Gasteiger partial charge on any atom is -0.305 e. The lowest BCUT2D eigenvalue weighted by Crippen LogP contribution is -2.46. The number of hydrogen-bond acceptors (Lipinski definition) is 3. The summed E-state index contributed by atoms with van der Waals surface area (Å²) < 4.78 is 29.8. The van der Waals surface area contributed by atoms with Gasteiger partial charge >= 0.3 is 0 Å². The quantitative estimate of drug-likeness (QED) is 0.433. The molecule has 1 aliphatic heterocycles. The number of aromatic nitrogens is 1. The van der Waals surface area contributed by atoms with Crippen molar-refractivity contribution in [2.24, 2.45) is 5.92 Å². The summed E-state index contributed by atoms with van der Waals surface area (Å²) in [6.07, 6.45) is 3.90. The van der Waals surface area contributed by atoms with Crippen molar-refractivity contribution in [1.82, 2.24) is 4.57 Å². The van der Waals surface area contributed by atoms with Gasteiger partial charge in [0.2, 0.25) is 5.91 Å². The molecular formula is C23H20F2N2OS2. The molecular weight excluding hydrogens is 422 g/mol. The Morgan fingerprint density at radius 3 is 2.30 bits per heavy atom. The molecule has 2 aromatic carbocycles. The zero-order valence-electron chi connectivity index (χ0n) is 16.2. The third-order valence-electron chi connectivity index (χ3n) is 6.08. The van der Waals surface area contributed by atoms with Crippen LogP contribution in [0.25, 0.3) is 10.4 Å². The molecule has 0 bridgehead atoms. The Kier molecular flexibility index (Phi) is 5.03. The summed E-state index contributed by atoms with van der Waals surface area (Å²) in [5, 5.41) is 0. The first-order chi connectivity index (χ1) is 14.5. The summed E-state index contributed by atoms with van der Waals surface area (Å²) in [7, 11) is 0. The maximum Gasteiger partial charge on any atom is 0.233 e. The molecule has 1 amide bonds. The zero-order valence-corrected chi connectivity index (χ0v) is 17.8. The van der Waals surface area contributed by atoms with Crippen LogP contribution in [0.1, 0.15) is 37.3 Å². The number of rotatable bonds is 3. The Balaban J connectivity index is 1.67. The van der Waals surface area contributed by atoms with Crippen LogP contribution >= 0.6 is 23.6 Å². The summed E-state index contributed by atoms with van der Waals surface area (Å²) in [6.45, 7) is 0.349. The normalized spacial score (nSPS) is 20.7. The van der Waals surface area contributed by atoms with Crippen molar-refractivity contribution < 1.29 is 13.6 Å². The van der Waals surface area contributed by atoms with E-state index in [2.05, 4.69) is 4.57 Å². The Morgan fingerprint density at radius 1 is 0.967 bits per heavy atom. The van der Waals surface area contributed by atoms with Gasteiger partial charge in [-0.3, -0.25) is 9.69 Å². The predicted octanol–water partition coefficient (Wildman–Crippen LogP) is 6.50. The molecule has 2 heterocycles. The lowest BCUT2D eigenvalue weighted by Gasteiger charge is -2.42. The number of thiazole rings is 1. The molecule has 0 N–H and O–H groups in total. The molecule has 154 valence electrons. The largest absolute Gasteiger partial charge is 0.305 e. The molecule has 5 rings (SSSR count). The smallest absolute Gasteiger partial charge is 0.233 e. The highest BCUT2D eigenvalue weighted by Gasteiger charge is 2.43. The van der Waals surface area contributed by atoms with E-state index in [0.717, 1.165) is 51.5 Å². The second-order valence-electron chi connectivity index (χ2n) is 7.91. The van der Waals surface area contributed by atoms with Crippen molar-refractivity contribution >= 4 is 35.3 Å². The van der Waals surface area contributed by atoms with Crippen LogP contribution in [0.5, 0.6) is 0 Å². The summed E-state index contributed by atoms with van der Waals surface area (Å²) in [5.41, 5.74) is 1.69. The van der Waals surface area contributed by atoms with Crippen LogP contribution in [0.15, 0.2) is 48.5 Å². The van der Waals surface area contributed by atoms with E-state index in [-0.39, 0.29) is 29.5 Å². The third-order valence-corrected chi connectivity index (χ3v) is 7.52.